The second-order valence-electron chi connectivity index (χ2n) is 7.28. The molecule has 0 atom stereocenters. The van der Waals surface area contributed by atoms with Gasteiger partial charge in [0.2, 0.25) is 10.9 Å². The minimum Gasteiger partial charge on any atom is -0.350 e. The summed E-state index contributed by atoms with van der Waals surface area (Å²) in [5.41, 5.74) is 0.985. The maximum absolute atomic E-state index is 12.5. The molecule has 0 aromatic carbocycles. The highest BCUT2D eigenvalue weighted by Crippen LogP contribution is 2.35. The molecule has 8 nitrogen and oxygen atoms in total. The third-order valence-corrected chi connectivity index (χ3v) is 7.07. The van der Waals surface area contributed by atoms with Crippen LogP contribution in [-0.2, 0) is 10.9 Å². The van der Waals surface area contributed by atoms with Crippen LogP contribution < -0.4 is 10.6 Å². The van der Waals surface area contributed by atoms with Crippen molar-refractivity contribution in [3.63, 3.8) is 0 Å². The number of nitrogens with zero attached hydrogens (tertiary/aromatic N) is 3. The lowest BCUT2D eigenvalue weighted by molar-refractivity contribution is 0.0958. The van der Waals surface area contributed by atoms with E-state index < -0.39 is 10.9 Å². The van der Waals surface area contributed by atoms with E-state index in [0.717, 1.165) is 28.8 Å². The highest BCUT2D eigenvalue weighted by Gasteiger charge is 2.22. The van der Waals surface area contributed by atoms with E-state index in [4.69, 9.17) is 5.10 Å². The number of hydrogen-bond donors (Lipinski definition) is 3. The molecule has 0 saturated heterocycles. The number of rotatable bonds is 9. The minimum absolute atomic E-state index is 0.0719. The first-order valence-corrected chi connectivity index (χ1v) is 11.7. The smallest absolute Gasteiger partial charge is 0.261 e. The van der Waals surface area contributed by atoms with Gasteiger partial charge < -0.3 is 10.6 Å². The van der Waals surface area contributed by atoms with Gasteiger partial charge in [-0.25, -0.2) is 12.7 Å². The van der Waals surface area contributed by atoms with E-state index in [9.17, 15) is 13.2 Å². The molecular weight excluding hydrogens is 398 g/mol. The lowest BCUT2D eigenvalue weighted by atomic mass is 9.96. The number of hydrogen-bond acceptors (Lipinski definition) is 6. The molecule has 2 N–H and O–H groups in total. The highest BCUT2D eigenvalue weighted by molar-refractivity contribution is 7.69. The van der Waals surface area contributed by atoms with Gasteiger partial charge in [0.15, 0.2) is 0 Å². The molecule has 1 aliphatic carbocycles. The zero-order chi connectivity index (χ0) is 20.1. The third-order valence-electron chi connectivity index (χ3n) is 5.19. The molecule has 10 heteroatoms. The number of carbonyl (C=O) groups is 1. The van der Waals surface area contributed by atoms with E-state index in [0.29, 0.717) is 37.1 Å². The zero-order valence-corrected chi connectivity index (χ0v) is 18.2. The first-order chi connectivity index (χ1) is 13.5. The number of aryl methyl sites for hydroxylation is 1. The van der Waals surface area contributed by atoms with E-state index in [2.05, 4.69) is 15.3 Å². The Labute approximate surface area is 171 Å². The van der Waals surface area contributed by atoms with Gasteiger partial charge in [-0.2, -0.15) is 5.10 Å². The number of aromatic nitrogens is 2. The predicted molar refractivity (Wildman–Crippen MR) is 113 cm³/mol. The summed E-state index contributed by atoms with van der Waals surface area (Å²) in [7, 11) is -0.990. The van der Waals surface area contributed by atoms with Crippen molar-refractivity contribution in [3.8, 4) is 0 Å². The van der Waals surface area contributed by atoms with Gasteiger partial charge >= 0.3 is 0 Å². The molecule has 1 fully saturated rings. The van der Waals surface area contributed by atoms with Crippen LogP contribution in [0.5, 0.6) is 0 Å². The van der Waals surface area contributed by atoms with Crippen molar-refractivity contribution in [1.29, 1.82) is 0 Å². The largest absolute Gasteiger partial charge is 0.350 e. The average molecular weight is 428 g/mol. The summed E-state index contributed by atoms with van der Waals surface area (Å²) < 4.78 is 24.9. The maximum Gasteiger partial charge on any atom is 0.261 e. The van der Waals surface area contributed by atoms with Crippen molar-refractivity contribution in [2.24, 2.45) is 0 Å². The SMILES string of the molecule is Cc1nn(C2CCCCC2)c2sc(C(=O)NCCNCCN(C)[SH](=O)=O)cc12. The molecule has 28 heavy (non-hydrogen) atoms. The molecule has 0 radical (unpaired) electrons. The summed E-state index contributed by atoms with van der Waals surface area (Å²) in [4.78, 5) is 14.3. The van der Waals surface area contributed by atoms with Crippen LogP contribution in [0.15, 0.2) is 6.07 Å². The maximum atomic E-state index is 12.5. The first-order valence-electron chi connectivity index (χ1n) is 9.80. The summed E-state index contributed by atoms with van der Waals surface area (Å²) in [6, 6.07) is 2.40. The standard InChI is InChI=1S/C18H29N5O3S2/c1-13-15-12-16(17(24)20-9-8-19-10-11-22(2)28(25)26)27-18(15)23(21-13)14-6-4-3-5-7-14/h12,14,19,28H,3-11H2,1-2H3,(H,20,24). The monoisotopic (exact) mass is 427 g/mol. The van der Waals surface area contributed by atoms with Crippen molar-refractivity contribution < 1.29 is 13.2 Å². The summed E-state index contributed by atoms with van der Waals surface area (Å²) >= 11 is 1.52. The van der Waals surface area contributed by atoms with Crippen LogP contribution in [0, 0.1) is 6.92 Å². The van der Waals surface area contributed by atoms with Crippen molar-refractivity contribution in [1.82, 2.24) is 24.7 Å². The molecule has 2 heterocycles. The number of carbonyl (C=O) groups excluding carboxylic acids is 1. The number of thiophene rings is 1. The van der Waals surface area contributed by atoms with Crippen LogP contribution in [0.1, 0.15) is 53.5 Å². The van der Waals surface area contributed by atoms with Crippen LogP contribution in [-0.4, -0.2) is 61.6 Å². The fraction of sp³-hybridized carbons (Fsp3) is 0.667. The number of nitrogens with one attached hydrogen (secondary N) is 2. The van der Waals surface area contributed by atoms with Gasteiger partial charge in [0.05, 0.1) is 16.6 Å². The van der Waals surface area contributed by atoms with Gasteiger partial charge in [0, 0.05) is 38.6 Å². The highest BCUT2D eigenvalue weighted by atomic mass is 32.2. The van der Waals surface area contributed by atoms with Crippen molar-refractivity contribution in [2.45, 2.75) is 45.1 Å². The van der Waals surface area contributed by atoms with E-state index in [1.165, 1.54) is 42.0 Å². The minimum atomic E-state index is -2.53. The van der Waals surface area contributed by atoms with Crippen LogP contribution in [0.25, 0.3) is 10.2 Å². The lowest BCUT2D eigenvalue weighted by Gasteiger charge is -2.22. The Morgan fingerprint density at radius 3 is 2.75 bits per heavy atom. The van der Waals surface area contributed by atoms with E-state index in [1.807, 2.05) is 13.0 Å². The number of thiol groups is 1. The Hall–Kier alpha value is -1.49. The zero-order valence-electron chi connectivity index (χ0n) is 16.4. The van der Waals surface area contributed by atoms with Crippen molar-refractivity contribution in [3.05, 3.63) is 16.6 Å². The van der Waals surface area contributed by atoms with Gasteiger partial charge in [-0.3, -0.25) is 9.48 Å². The van der Waals surface area contributed by atoms with Gasteiger partial charge in [-0.1, -0.05) is 19.3 Å². The van der Waals surface area contributed by atoms with E-state index in [1.54, 1.807) is 0 Å². The molecule has 2 aromatic rings. The second-order valence-corrected chi connectivity index (χ2v) is 9.47. The molecule has 1 aliphatic rings. The fourth-order valence-electron chi connectivity index (χ4n) is 3.56. The summed E-state index contributed by atoms with van der Waals surface area (Å²) in [6.45, 7) is 4.06. The van der Waals surface area contributed by atoms with E-state index in [-0.39, 0.29) is 5.91 Å². The van der Waals surface area contributed by atoms with Crippen LogP contribution in [0.3, 0.4) is 0 Å². The van der Waals surface area contributed by atoms with Crippen LogP contribution in [0.2, 0.25) is 0 Å². The Morgan fingerprint density at radius 2 is 2.04 bits per heavy atom. The second kappa shape index (κ2) is 9.82. The molecule has 0 spiro atoms. The molecule has 3 rings (SSSR count). The summed E-state index contributed by atoms with van der Waals surface area (Å²) in [6.07, 6.45) is 6.13. The summed E-state index contributed by atoms with van der Waals surface area (Å²) in [5, 5.41) is 11.9. The predicted octanol–water partition coefficient (Wildman–Crippen LogP) is 1.69. The van der Waals surface area contributed by atoms with Crippen LogP contribution >= 0.6 is 11.3 Å². The molecule has 0 unspecified atom stereocenters. The number of fused-ring (bicyclic) bond motifs is 1. The Bertz CT molecular complexity index is 875. The quantitative estimate of drug-likeness (QED) is 0.418. The third kappa shape index (κ3) is 5.11. The topological polar surface area (TPSA) is 96.3 Å². The lowest BCUT2D eigenvalue weighted by Crippen LogP contribution is -2.35. The van der Waals surface area contributed by atoms with Gasteiger partial charge in [0.25, 0.3) is 5.91 Å². The molecule has 0 aliphatic heterocycles. The molecular formula is C18H29N5O3S2. The summed E-state index contributed by atoms with van der Waals surface area (Å²) in [5.74, 6) is -0.0719. The first kappa shape index (κ1) is 21.2. The van der Waals surface area contributed by atoms with Crippen molar-refractivity contribution >= 4 is 38.4 Å². The average Bonchev–Trinajstić information content (AvgIpc) is 3.25. The molecule has 2 aromatic heterocycles. The van der Waals surface area contributed by atoms with Gasteiger partial charge in [-0.15, -0.1) is 11.3 Å². The van der Waals surface area contributed by atoms with Gasteiger partial charge in [-0.05, 0) is 25.8 Å². The van der Waals surface area contributed by atoms with Gasteiger partial charge in [0.1, 0.15) is 4.83 Å². The normalized spacial score (nSPS) is 15.7. The van der Waals surface area contributed by atoms with E-state index >= 15 is 0 Å². The Morgan fingerprint density at radius 1 is 1.29 bits per heavy atom. The number of amides is 1. The van der Waals surface area contributed by atoms with Crippen LogP contribution in [0.4, 0.5) is 0 Å². The van der Waals surface area contributed by atoms with Crippen molar-refractivity contribution in [2.75, 3.05) is 33.2 Å². The number of likely N-dealkylation sites (N-methyl/N-ethyl adjacent to an activating group) is 1. The Balaban J connectivity index is 1.53. The molecule has 156 valence electrons. The Kier molecular flexibility index (Phi) is 7.44. The molecule has 0 bridgehead atoms. The molecule has 1 saturated carbocycles. The fourth-order valence-corrected chi connectivity index (χ4v) is 4.97. The molecule has 1 amide bonds.